The zero-order valence-corrected chi connectivity index (χ0v) is 20.8. The molecule has 2 heteroatoms. The SMILES string of the molecule is CCC1CC2C(C)CC=C3CC(C(C)(C)OC(=O)c4ccc(CC(C)(C)C)cc4)(C1)C32. The average molecular weight is 423 g/mol. The highest BCUT2D eigenvalue weighted by Crippen LogP contribution is 2.70. The molecule has 0 heterocycles. The van der Waals surface area contributed by atoms with E-state index in [4.69, 9.17) is 4.74 Å². The van der Waals surface area contributed by atoms with Gasteiger partial charge in [0.05, 0.1) is 5.56 Å². The molecular formula is C29H42O2. The third-order valence-corrected chi connectivity index (χ3v) is 8.73. The molecule has 31 heavy (non-hydrogen) atoms. The fourth-order valence-corrected chi connectivity index (χ4v) is 6.99. The Balaban J connectivity index is 1.54. The summed E-state index contributed by atoms with van der Waals surface area (Å²) in [5.74, 6) is 2.68. The van der Waals surface area contributed by atoms with Crippen molar-refractivity contribution in [2.24, 2.45) is 34.5 Å². The minimum Gasteiger partial charge on any atom is -0.455 e. The van der Waals surface area contributed by atoms with Crippen LogP contribution in [0.25, 0.3) is 0 Å². The van der Waals surface area contributed by atoms with Gasteiger partial charge in [0.25, 0.3) is 0 Å². The number of carbonyl (C=O) groups excluding carboxylic acids is 1. The van der Waals surface area contributed by atoms with E-state index in [1.165, 1.54) is 31.2 Å². The second-order valence-electron chi connectivity index (χ2n) is 12.5. The van der Waals surface area contributed by atoms with Crippen LogP contribution < -0.4 is 0 Å². The smallest absolute Gasteiger partial charge is 0.338 e. The minimum absolute atomic E-state index is 0.0962. The first-order valence-corrected chi connectivity index (χ1v) is 12.5. The van der Waals surface area contributed by atoms with E-state index < -0.39 is 5.60 Å². The van der Waals surface area contributed by atoms with E-state index >= 15 is 0 Å². The summed E-state index contributed by atoms with van der Waals surface area (Å²) < 4.78 is 6.36. The number of allylic oxidation sites excluding steroid dienone is 2. The van der Waals surface area contributed by atoms with Gasteiger partial charge in [0.15, 0.2) is 0 Å². The number of carbonyl (C=O) groups is 1. The van der Waals surface area contributed by atoms with Crippen LogP contribution in [0.2, 0.25) is 0 Å². The second-order valence-corrected chi connectivity index (χ2v) is 12.5. The molecule has 3 aliphatic rings. The molecule has 0 saturated heterocycles. The van der Waals surface area contributed by atoms with Gasteiger partial charge in [0, 0.05) is 5.41 Å². The summed E-state index contributed by atoms with van der Waals surface area (Å²) in [6, 6.07) is 8.07. The Morgan fingerprint density at radius 1 is 1.13 bits per heavy atom. The summed E-state index contributed by atoms with van der Waals surface area (Å²) in [5, 5.41) is 0. The van der Waals surface area contributed by atoms with Crippen molar-refractivity contribution in [3.8, 4) is 0 Å². The predicted molar refractivity (Wildman–Crippen MR) is 128 cm³/mol. The maximum absolute atomic E-state index is 13.2. The van der Waals surface area contributed by atoms with E-state index in [-0.39, 0.29) is 16.8 Å². The maximum Gasteiger partial charge on any atom is 0.338 e. The van der Waals surface area contributed by atoms with Gasteiger partial charge in [-0.3, -0.25) is 0 Å². The van der Waals surface area contributed by atoms with Crippen molar-refractivity contribution in [2.45, 2.75) is 92.6 Å². The molecule has 0 aromatic heterocycles. The highest BCUT2D eigenvalue weighted by atomic mass is 16.6. The van der Waals surface area contributed by atoms with Crippen molar-refractivity contribution in [1.82, 2.24) is 0 Å². The molecule has 0 spiro atoms. The Hall–Kier alpha value is -1.57. The zero-order valence-electron chi connectivity index (χ0n) is 20.8. The van der Waals surface area contributed by atoms with Gasteiger partial charge in [0.1, 0.15) is 5.60 Å². The lowest BCUT2D eigenvalue weighted by Gasteiger charge is -2.67. The molecule has 0 N–H and O–H groups in total. The Morgan fingerprint density at radius 2 is 1.81 bits per heavy atom. The number of rotatable bonds is 5. The number of hydrogen-bond acceptors (Lipinski definition) is 2. The molecule has 1 aromatic carbocycles. The van der Waals surface area contributed by atoms with Crippen LogP contribution >= 0.6 is 0 Å². The topological polar surface area (TPSA) is 26.3 Å². The van der Waals surface area contributed by atoms with Crippen LogP contribution in [0.4, 0.5) is 0 Å². The highest BCUT2D eigenvalue weighted by Gasteiger charge is 2.66. The third-order valence-electron chi connectivity index (χ3n) is 8.73. The zero-order chi connectivity index (χ0) is 22.6. The van der Waals surface area contributed by atoms with Crippen LogP contribution in [0.3, 0.4) is 0 Å². The van der Waals surface area contributed by atoms with Gasteiger partial charge in [-0.1, -0.05) is 64.8 Å². The van der Waals surface area contributed by atoms with Gasteiger partial charge in [-0.15, -0.1) is 0 Å². The Morgan fingerprint density at radius 3 is 2.42 bits per heavy atom. The first-order chi connectivity index (χ1) is 14.5. The summed E-state index contributed by atoms with van der Waals surface area (Å²) in [6.07, 6.45) is 9.62. The molecule has 2 fully saturated rings. The van der Waals surface area contributed by atoms with Crippen molar-refractivity contribution >= 4 is 5.97 Å². The normalized spacial score (nSPS) is 32.5. The van der Waals surface area contributed by atoms with Crippen LogP contribution in [-0.2, 0) is 11.2 Å². The predicted octanol–water partition coefficient (Wildman–Crippen LogP) is 7.62. The standard InChI is InChI=1S/C29H42O2/c1-8-20-15-24-19(2)9-12-23-18-29(17-20,25(23)24)28(6,7)31-26(30)22-13-10-21(11-14-22)16-27(3,4)5/h10-14,19-20,24-25H,8-9,15-18H2,1-7H3. The van der Waals surface area contributed by atoms with Crippen LogP contribution in [0.15, 0.2) is 35.9 Å². The quantitative estimate of drug-likeness (QED) is 0.360. The molecule has 5 unspecified atom stereocenters. The minimum atomic E-state index is -0.459. The highest BCUT2D eigenvalue weighted by molar-refractivity contribution is 5.89. The summed E-state index contributed by atoms with van der Waals surface area (Å²) in [5.41, 5.74) is 3.47. The lowest BCUT2D eigenvalue weighted by Crippen LogP contribution is -2.64. The first kappa shape index (κ1) is 22.6. The number of esters is 1. The second kappa shape index (κ2) is 7.78. The van der Waals surface area contributed by atoms with Gasteiger partial charge in [-0.05, 0) is 92.7 Å². The molecule has 0 bridgehead atoms. The van der Waals surface area contributed by atoms with Gasteiger partial charge < -0.3 is 4.74 Å². The average Bonchev–Trinajstić information content (AvgIpc) is 2.66. The van der Waals surface area contributed by atoms with E-state index in [2.05, 4.69) is 66.7 Å². The van der Waals surface area contributed by atoms with Gasteiger partial charge in [-0.2, -0.15) is 0 Å². The molecule has 4 rings (SSSR count). The monoisotopic (exact) mass is 422 g/mol. The Bertz CT molecular complexity index is 854. The molecule has 2 saturated carbocycles. The largest absolute Gasteiger partial charge is 0.455 e. The number of benzene rings is 1. The van der Waals surface area contributed by atoms with Crippen molar-refractivity contribution in [2.75, 3.05) is 0 Å². The molecule has 0 radical (unpaired) electrons. The summed E-state index contributed by atoms with van der Waals surface area (Å²) >= 11 is 0. The molecular weight excluding hydrogens is 380 g/mol. The van der Waals surface area contributed by atoms with Gasteiger partial charge >= 0.3 is 5.97 Å². The summed E-state index contributed by atoms with van der Waals surface area (Å²) in [7, 11) is 0. The third kappa shape index (κ3) is 4.00. The van der Waals surface area contributed by atoms with Crippen molar-refractivity contribution in [1.29, 1.82) is 0 Å². The molecule has 2 nitrogen and oxygen atoms in total. The van der Waals surface area contributed by atoms with Crippen molar-refractivity contribution in [3.05, 3.63) is 47.0 Å². The van der Waals surface area contributed by atoms with E-state index in [0.717, 1.165) is 30.6 Å². The molecule has 0 aliphatic heterocycles. The Labute approximate surface area is 189 Å². The number of ether oxygens (including phenoxy) is 1. The summed E-state index contributed by atoms with van der Waals surface area (Å²) in [4.78, 5) is 13.2. The van der Waals surface area contributed by atoms with Crippen molar-refractivity contribution in [3.63, 3.8) is 0 Å². The number of hydrogen-bond donors (Lipinski definition) is 0. The van der Waals surface area contributed by atoms with Gasteiger partial charge in [-0.25, -0.2) is 4.79 Å². The molecule has 5 atom stereocenters. The molecule has 1 aromatic rings. The Kier molecular flexibility index (Phi) is 5.68. The fraction of sp³-hybridized carbons (Fsp3) is 0.690. The van der Waals surface area contributed by atoms with Crippen molar-refractivity contribution < 1.29 is 9.53 Å². The van der Waals surface area contributed by atoms with E-state index in [1.807, 2.05) is 12.1 Å². The summed E-state index contributed by atoms with van der Waals surface area (Å²) in [6.45, 7) is 15.9. The van der Waals surface area contributed by atoms with E-state index in [9.17, 15) is 4.79 Å². The van der Waals surface area contributed by atoms with Crippen LogP contribution in [0.5, 0.6) is 0 Å². The lowest BCUT2D eigenvalue weighted by molar-refractivity contribution is -0.177. The maximum atomic E-state index is 13.2. The molecule has 3 aliphatic carbocycles. The molecule has 170 valence electrons. The first-order valence-electron chi connectivity index (χ1n) is 12.5. The van der Waals surface area contributed by atoms with Crippen LogP contribution in [0, 0.1) is 34.5 Å². The fourth-order valence-electron chi connectivity index (χ4n) is 6.99. The lowest BCUT2D eigenvalue weighted by atomic mass is 9.39. The van der Waals surface area contributed by atoms with Gasteiger partial charge in [0.2, 0.25) is 0 Å². The van der Waals surface area contributed by atoms with E-state index in [0.29, 0.717) is 11.5 Å². The van der Waals surface area contributed by atoms with E-state index in [1.54, 1.807) is 5.57 Å². The molecule has 0 amide bonds. The van der Waals surface area contributed by atoms with Crippen LogP contribution in [0.1, 0.15) is 96.5 Å². The van der Waals surface area contributed by atoms with Crippen LogP contribution in [-0.4, -0.2) is 11.6 Å².